The van der Waals surface area contributed by atoms with E-state index in [1.54, 1.807) is 23.0 Å². The average molecular weight is 355 g/mol. The lowest BCUT2D eigenvalue weighted by Crippen LogP contribution is -2.27. The van der Waals surface area contributed by atoms with Crippen LogP contribution in [-0.2, 0) is 0 Å². The predicted octanol–water partition coefficient (Wildman–Crippen LogP) is 2.90. The van der Waals surface area contributed by atoms with Gasteiger partial charge in [-0.15, -0.1) is 12.4 Å². The summed E-state index contributed by atoms with van der Waals surface area (Å²) in [6, 6.07) is 6.09. The first-order valence-electron chi connectivity index (χ1n) is 7.81. The normalized spacial score (nSPS) is 10.5. The average Bonchev–Trinajstić information content (AvgIpc) is 2.97. The Kier molecular flexibility index (Phi) is 7.88. The van der Waals surface area contributed by atoms with Crippen molar-refractivity contribution in [3.8, 4) is 5.69 Å². The predicted molar refractivity (Wildman–Crippen MR) is 95.7 cm³/mol. The van der Waals surface area contributed by atoms with Crippen molar-refractivity contribution >= 4 is 18.3 Å². The van der Waals surface area contributed by atoms with E-state index < -0.39 is 0 Å². The summed E-state index contributed by atoms with van der Waals surface area (Å²) in [5.41, 5.74) is 2.13. The number of nitrogens with zero attached hydrogens (tertiary/aromatic N) is 2. The van der Waals surface area contributed by atoms with Gasteiger partial charge in [-0.25, -0.2) is 9.07 Å². The Morgan fingerprint density at radius 1 is 1.25 bits per heavy atom. The smallest absolute Gasteiger partial charge is 0.254 e. The zero-order valence-electron chi connectivity index (χ0n) is 14.2. The first-order valence-corrected chi connectivity index (χ1v) is 7.81. The third-order valence-corrected chi connectivity index (χ3v) is 3.56. The van der Waals surface area contributed by atoms with E-state index in [0.717, 1.165) is 24.3 Å². The number of hydrogen-bond acceptors (Lipinski definition) is 3. The third kappa shape index (κ3) is 4.79. The van der Waals surface area contributed by atoms with Crippen molar-refractivity contribution in [3.63, 3.8) is 0 Å². The molecule has 1 aromatic carbocycles. The molecule has 1 aromatic heterocycles. The maximum atomic E-state index is 13.1. The van der Waals surface area contributed by atoms with Crippen LogP contribution in [0.1, 0.15) is 42.2 Å². The summed E-state index contributed by atoms with van der Waals surface area (Å²) in [6.07, 6.45) is 2.44. The van der Waals surface area contributed by atoms with Gasteiger partial charge >= 0.3 is 0 Å². The Morgan fingerprint density at radius 3 is 2.50 bits per heavy atom. The summed E-state index contributed by atoms with van der Waals surface area (Å²) in [6.45, 7) is 5.48. The van der Waals surface area contributed by atoms with Crippen LogP contribution in [0.2, 0.25) is 0 Å². The van der Waals surface area contributed by atoms with Crippen LogP contribution in [0, 0.1) is 5.82 Å². The minimum atomic E-state index is -0.297. The molecule has 24 heavy (non-hydrogen) atoms. The molecule has 0 bridgehead atoms. The molecule has 0 aliphatic heterocycles. The van der Waals surface area contributed by atoms with E-state index in [9.17, 15) is 9.18 Å². The summed E-state index contributed by atoms with van der Waals surface area (Å²) in [7, 11) is 1.88. The summed E-state index contributed by atoms with van der Waals surface area (Å²) >= 11 is 0. The molecule has 0 unspecified atom stereocenters. The Hall–Kier alpha value is -1.92. The van der Waals surface area contributed by atoms with Crippen LogP contribution in [0.5, 0.6) is 0 Å². The third-order valence-electron chi connectivity index (χ3n) is 3.56. The quantitative estimate of drug-likeness (QED) is 0.752. The molecule has 0 atom stereocenters. The van der Waals surface area contributed by atoms with E-state index in [1.165, 1.54) is 12.1 Å². The van der Waals surface area contributed by atoms with Crippen molar-refractivity contribution in [1.82, 2.24) is 20.4 Å². The minimum absolute atomic E-state index is 0. The molecule has 1 amide bonds. The van der Waals surface area contributed by atoms with Gasteiger partial charge in [0.2, 0.25) is 0 Å². The van der Waals surface area contributed by atoms with Crippen LogP contribution in [0.4, 0.5) is 4.39 Å². The number of rotatable bonds is 7. The number of aromatic nitrogens is 2. The molecule has 0 fully saturated rings. The molecule has 0 saturated heterocycles. The standard InChI is InChI=1S/C17H23FN4O.ClH/c1-12(2)16-15(17(23)20-10-4-9-19-3)11-21-22(16)14-7-5-13(18)6-8-14;/h5-8,11-12,19H,4,9-10H2,1-3H3,(H,20,23);1H. The molecule has 0 saturated carbocycles. The van der Waals surface area contributed by atoms with Gasteiger partial charge in [-0.05, 0) is 50.2 Å². The second-order valence-corrected chi connectivity index (χ2v) is 5.70. The van der Waals surface area contributed by atoms with E-state index in [-0.39, 0.29) is 30.0 Å². The molecule has 2 N–H and O–H groups in total. The van der Waals surface area contributed by atoms with E-state index in [1.807, 2.05) is 20.9 Å². The van der Waals surface area contributed by atoms with Gasteiger partial charge in [0.05, 0.1) is 23.1 Å². The first-order chi connectivity index (χ1) is 11.0. The molecule has 2 aromatic rings. The monoisotopic (exact) mass is 354 g/mol. The maximum Gasteiger partial charge on any atom is 0.254 e. The highest BCUT2D eigenvalue weighted by Crippen LogP contribution is 2.23. The topological polar surface area (TPSA) is 58.9 Å². The lowest BCUT2D eigenvalue weighted by molar-refractivity contribution is 0.0952. The van der Waals surface area contributed by atoms with Gasteiger partial charge in [-0.3, -0.25) is 4.79 Å². The van der Waals surface area contributed by atoms with E-state index in [4.69, 9.17) is 0 Å². The largest absolute Gasteiger partial charge is 0.352 e. The lowest BCUT2D eigenvalue weighted by Gasteiger charge is -2.13. The second kappa shape index (κ2) is 9.39. The van der Waals surface area contributed by atoms with Crippen molar-refractivity contribution in [2.24, 2.45) is 0 Å². The van der Waals surface area contributed by atoms with Crippen molar-refractivity contribution < 1.29 is 9.18 Å². The van der Waals surface area contributed by atoms with Gasteiger partial charge in [0, 0.05) is 6.54 Å². The molecule has 7 heteroatoms. The summed E-state index contributed by atoms with van der Waals surface area (Å²) in [5.74, 6) is -0.312. The van der Waals surface area contributed by atoms with Crippen LogP contribution in [0.3, 0.4) is 0 Å². The summed E-state index contributed by atoms with van der Waals surface area (Å²) in [5, 5.41) is 10.3. The van der Waals surface area contributed by atoms with Crippen LogP contribution >= 0.6 is 12.4 Å². The summed E-state index contributed by atoms with van der Waals surface area (Å²) in [4.78, 5) is 12.4. The molecular formula is C17H24ClFN4O. The zero-order valence-corrected chi connectivity index (χ0v) is 15.0. The number of amides is 1. The molecule has 2 rings (SSSR count). The van der Waals surface area contributed by atoms with Gasteiger partial charge in [-0.1, -0.05) is 13.8 Å². The molecule has 0 aliphatic rings. The van der Waals surface area contributed by atoms with Gasteiger partial charge < -0.3 is 10.6 Å². The minimum Gasteiger partial charge on any atom is -0.352 e. The van der Waals surface area contributed by atoms with Gasteiger partial charge in [0.25, 0.3) is 5.91 Å². The highest BCUT2D eigenvalue weighted by Gasteiger charge is 2.20. The van der Waals surface area contributed by atoms with E-state index >= 15 is 0 Å². The molecule has 0 aliphatic carbocycles. The Morgan fingerprint density at radius 2 is 1.92 bits per heavy atom. The Labute approximate surface area is 148 Å². The fraction of sp³-hybridized carbons (Fsp3) is 0.412. The number of nitrogens with one attached hydrogen (secondary N) is 2. The van der Waals surface area contributed by atoms with Crippen LogP contribution in [0.25, 0.3) is 5.69 Å². The Bertz CT molecular complexity index is 655. The molecule has 0 spiro atoms. The molecule has 5 nitrogen and oxygen atoms in total. The van der Waals surface area contributed by atoms with Crippen LogP contribution in [0.15, 0.2) is 30.5 Å². The van der Waals surface area contributed by atoms with Gasteiger partial charge in [0.1, 0.15) is 5.82 Å². The Balaban J connectivity index is 0.00000288. The first kappa shape index (κ1) is 20.1. The molecule has 0 radical (unpaired) electrons. The van der Waals surface area contributed by atoms with Gasteiger partial charge in [0.15, 0.2) is 0 Å². The fourth-order valence-corrected chi connectivity index (χ4v) is 2.44. The zero-order chi connectivity index (χ0) is 16.8. The van der Waals surface area contributed by atoms with Crippen LogP contribution in [-0.4, -0.2) is 35.8 Å². The number of benzene rings is 1. The molecular weight excluding hydrogens is 331 g/mol. The van der Waals surface area contributed by atoms with E-state index in [0.29, 0.717) is 12.1 Å². The van der Waals surface area contributed by atoms with Crippen molar-refractivity contribution in [3.05, 3.63) is 47.5 Å². The van der Waals surface area contributed by atoms with E-state index in [2.05, 4.69) is 15.7 Å². The molecule has 132 valence electrons. The number of hydrogen-bond donors (Lipinski definition) is 2. The van der Waals surface area contributed by atoms with Crippen molar-refractivity contribution in [1.29, 1.82) is 0 Å². The van der Waals surface area contributed by atoms with Crippen molar-refractivity contribution in [2.75, 3.05) is 20.1 Å². The highest BCUT2D eigenvalue weighted by atomic mass is 35.5. The van der Waals surface area contributed by atoms with Crippen molar-refractivity contribution in [2.45, 2.75) is 26.2 Å². The number of carbonyl (C=O) groups is 1. The maximum absolute atomic E-state index is 13.1. The fourth-order valence-electron chi connectivity index (χ4n) is 2.44. The lowest BCUT2D eigenvalue weighted by atomic mass is 10.0. The highest BCUT2D eigenvalue weighted by molar-refractivity contribution is 5.95. The SMILES string of the molecule is CNCCCNC(=O)c1cnn(-c2ccc(F)cc2)c1C(C)C.Cl. The number of halogens is 2. The van der Waals surface area contributed by atoms with Crippen LogP contribution < -0.4 is 10.6 Å². The molecule has 1 heterocycles. The second-order valence-electron chi connectivity index (χ2n) is 5.70. The number of carbonyl (C=O) groups excluding carboxylic acids is 1. The summed E-state index contributed by atoms with van der Waals surface area (Å²) < 4.78 is 14.8. The van der Waals surface area contributed by atoms with Gasteiger partial charge in [-0.2, -0.15) is 5.10 Å².